The van der Waals surface area contributed by atoms with E-state index < -0.39 is 16.4 Å². The van der Waals surface area contributed by atoms with E-state index in [2.05, 4.69) is 15.5 Å². The van der Waals surface area contributed by atoms with Crippen molar-refractivity contribution < 1.29 is 9.72 Å². The Hall–Kier alpha value is -4.05. The van der Waals surface area contributed by atoms with Gasteiger partial charge < -0.3 is 0 Å². The van der Waals surface area contributed by atoms with Crippen molar-refractivity contribution in [2.45, 2.75) is 0 Å². The predicted molar refractivity (Wildman–Crippen MR) is 105 cm³/mol. The molecule has 0 aliphatic heterocycles. The molecule has 0 aliphatic rings. The van der Waals surface area contributed by atoms with Gasteiger partial charge in [-0.1, -0.05) is 29.8 Å². The highest BCUT2D eigenvalue weighted by atomic mass is 35.5. The number of para-hydroxylation sites is 1. The molecule has 2 heterocycles. The number of benzene rings is 2. The molecule has 0 aliphatic carbocycles. The molecule has 10 nitrogen and oxygen atoms in total. The first-order valence-corrected chi connectivity index (χ1v) is 8.59. The minimum Gasteiger partial charge on any atom is -0.267 e. The van der Waals surface area contributed by atoms with Gasteiger partial charge in [-0.3, -0.25) is 25.1 Å². The monoisotopic (exact) mass is 410 g/mol. The Morgan fingerprint density at radius 3 is 2.72 bits per heavy atom. The van der Waals surface area contributed by atoms with Gasteiger partial charge in [0, 0.05) is 11.1 Å². The van der Waals surface area contributed by atoms with Gasteiger partial charge in [0.05, 0.1) is 16.8 Å². The third-order valence-electron chi connectivity index (χ3n) is 4.11. The minimum atomic E-state index is -0.817. The van der Waals surface area contributed by atoms with Gasteiger partial charge in [0.15, 0.2) is 5.65 Å². The van der Waals surface area contributed by atoms with Crippen LogP contribution in [0.4, 0.5) is 5.69 Å². The smallest absolute Gasteiger partial charge is 0.267 e. The highest BCUT2D eigenvalue weighted by Gasteiger charge is 2.20. The summed E-state index contributed by atoms with van der Waals surface area (Å²) in [5, 5.41) is 15.9. The fourth-order valence-electron chi connectivity index (χ4n) is 2.78. The number of aromatic nitrogens is 4. The van der Waals surface area contributed by atoms with E-state index in [9.17, 15) is 19.7 Å². The summed E-state index contributed by atoms with van der Waals surface area (Å²) in [6.07, 6.45) is 2.43. The summed E-state index contributed by atoms with van der Waals surface area (Å²) in [4.78, 5) is 39.8. The number of nitrogens with zero attached hydrogens (tertiary/aromatic N) is 5. The summed E-state index contributed by atoms with van der Waals surface area (Å²) in [6.45, 7) is 0. The molecule has 0 atom stereocenters. The Balaban J connectivity index is 1.72. The maximum Gasteiger partial charge on any atom is 0.283 e. The fraction of sp³-hybridized carbons (Fsp3) is 0. The normalized spacial score (nSPS) is 10.8. The molecule has 2 aromatic heterocycles. The van der Waals surface area contributed by atoms with Gasteiger partial charge >= 0.3 is 0 Å². The molecule has 0 saturated heterocycles. The first kappa shape index (κ1) is 18.3. The van der Waals surface area contributed by atoms with Crippen molar-refractivity contribution in [3.05, 3.63) is 92.1 Å². The molecule has 11 heteroatoms. The van der Waals surface area contributed by atoms with Gasteiger partial charge in [0.2, 0.25) is 0 Å². The van der Waals surface area contributed by atoms with E-state index in [1.54, 1.807) is 24.3 Å². The number of hydrogen-bond acceptors (Lipinski definition) is 6. The molecule has 29 heavy (non-hydrogen) atoms. The molecule has 0 fully saturated rings. The molecule has 0 unspecified atom stereocenters. The summed E-state index contributed by atoms with van der Waals surface area (Å²) in [5.41, 5.74) is 2.05. The van der Waals surface area contributed by atoms with Gasteiger partial charge in [-0.25, -0.2) is 14.3 Å². The number of hydrogen-bond donors (Lipinski definition) is 1. The van der Waals surface area contributed by atoms with E-state index in [1.807, 2.05) is 0 Å². The zero-order chi connectivity index (χ0) is 20.5. The van der Waals surface area contributed by atoms with Gasteiger partial charge in [0.1, 0.15) is 17.3 Å². The lowest BCUT2D eigenvalue weighted by molar-refractivity contribution is -0.385. The van der Waals surface area contributed by atoms with Crippen LogP contribution in [0.25, 0.3) is 16.7 Å². The summed E-state index contributed by atoms with van der Waals surface area (Å²) in [6, 6.07) is 12.3. The molecule has 1 N–H and O–H groups in total. The number of fused-ring (bicyclic) bond motifs is 1. The number of nitro groups is 1. The van der Waals surface area contributed by atoms with Gasteiger partial charge in [-0.15, -0.1) is 0 Å². The van der Waals surface area contributed by atoms with E-state index in [-0.39, 0.29) is 22.3 Å². The Morgan fingerprint density at radius 1 is 1.17 bits per heavy atom. The molecule has 0 bridgehead atoms. The van der Waals surface area contributed by atoms with Gasteiger partial charge in [-0.05, 0) is 24.3 Å². The molecule has 0 spiro atoms. The van der Waals surface area contributed by atoms with Gasteiger partial charge in [0.25, 0.3) is 17.2 Å². The van der Waals surface area contributed by atoms with Crippen LogP contribution >= 0.6 is 11.6 Å². The van der Waals surface area contributed by atoms with Crippen molar-refractivity contribution >= 4 is 34.2 Å². The van der Waals surface area contributed by atoms with Crippen LogP contribution in [0.5, 0.6) is 0 Å². The molecular weight excluding hydrogens is 400 g/mol. The average molecular weight is 411 g/mol. The van der Waals surface area contributed by atoms with Crippen molar-refractivity contribution in [2.24, 2.45) is 0 Å². The van der Waals surface area contributed by atoms with Crippen LogP contribution in [0.1, 0.15) is 10.4 Å². The Bertz CT molecular complexity index is 1330. The van der Waals surface area contributed by atoms with Crippen LogP contribution in [-0.4, -0.2) is 30.3 Å². The SMILES string of the molecule is O=C(Nn1cnc2c(cnn2-c2cccc(Cl)c2)c1=O)c1ccccc1[N+](=O)[O-]. The lowest BCUT2D eigenvalue weighted by Crippen LogP contribution is -2.33. The van der Waals surface area contributed by atoms with Gasteiger partial charge in [-0.2, -0.15) is 5.10 Å². The number of carbonyl (C=O) groups is 1. The number of rotatable bonds is 4. The van der Waals surface area contributed by atoms with E-state index in [0.29, 0.717) is 10.7 Å². The number of nitro benzene ring substituents is 1. The topological polar surface area (TPSA) is 125 Å². The highest BCUT2D eigenvalue weighted by Crippen LogP contribution is 2.19. The molecule has 144 valence electrons. The molecule has 4 aromatic rings. The minimum absolute atomic E-state index is 0.148. The zero-order valence-electron chi connectivity index (χ0n) is 14.5. The molecule has 0 radical (unpaired) electrons. The van der Waals surface area contributed by atoms with E-state index in [0.717, 1.165) is 11.0 Å². The molecular formula is C18H11ClN6O4. The molecule has 1 amide bonds. The predicted octanol–water partition coefficient (Wildman–Crippen LogP) is 2.53. The van der Waals surface area contributed by atoms with Crippen LogP contribution in [0.2, 0.25) is 5.02 Å². The Kier molecular flexibility index (Phi) is 4.53. The van der Waals surface area contributed by atoms with Crippen molar-refractivity contribution in [3.63, 3.8) is 0 Å². The number of nitrogens with one attached hydrogen (secondary N) is 1. The third kappa shape index (κ3) is 3.32. The number of carbonyl (C=O) groups excluding carboxylic acids is 1. The Labute approximate surface area is 167 Å². The summed E-state index contributed by atoms with van der Waals surface area (Å²) < 4.78 is 2.29. The standard InChI is InChI=1S/C18H11ClN6O4/c19-11-4-3-5-12(8-11)24-16-14(9-21-24)18(27)23(10-20-16)22-17(26)13-6-1-2-7-15(13)25(28)29/h1-10H,(H,22,26). The number of halogens is 1. The maximum atomic E-state index is 12.7. The lowest BCUT2D eigenvalue weighted by atomic mass is 10.2. The molecule has 4 rings (SSSR count). The quantitative estimate of drug-likeness (QED) is 0.407. The largest absolute Gasteiger partial charge is 0.283 e. The van der Waals surface area contributed by atoms with Crippen molar-refractivity contribution in [1.29, 1.82) is 0 Å². The van der Waals surface area contributed by atoms with E-state index in [4.69, 9.17) is 11.6 Å². The van der Waals surface area contributed by atoms with Crippen LogP contribution in [-0.2, 0) is 0 Å². The van der Waals surface area contributed by atoms with Crippen LogP contribution in [0.15, 0.2) is 65.8 Å². The van der Waals surface area contributed by atoms with Crippen molar-refractivity contribution in [2.75, 3.05) is 5.43 Å². The average Bonchev–Trinajstić information content (AvgIpc) is 3.15. The second-order valence-electron chi connectivity index (χ2n) is 5.91. The van der Waals surface area contributed by atoms with Crippen LogP contribution in [0, 0.1) is 10.1 Å². The van der Waals surface area contributed by atoms with Crippen LogP contribution < -0.4 is 11.0 Å². The second-order valence-corrected chi connectivity index (χ2v) is 6.34. The Morgan fingerprint density at radius 2 is 1.97 bits per heavy atom. The van der Waals surface area contributed by atoms with Crippen LogP contribution in [0.3, 0.4) is 0 Å². The molecule has 2 aromatic carbocycles. The maximum absolute atomic E-state index is 12.7. The van der Waals surface area contributed by atoms with E-state index >= 15 is 0 Å². The van der Waals surface area contributed by atoms with Crippen molar-refractivity contribution in [1.82, 2.24) is 19.4 Å². The summed E-state index contributed by atoms with van der Waals surface area (Å²) >= 11 is 6.00. The summed E-state index contributed by atoms with van der Waals surface area (Å²) in [7, 11) is 0. The number of amides is 1. The lowest BCUT2D eigenvalue weighted by Gasteiger charge is -2.08. The zero-order valence-corrected chi connectivity index (χ0v) is 15.3. The first-order chi connectivity index (χ1) is 14.0. The highest BCUT2D eigenvalue weighted by molar-refractivity contribution is 6.30. The third-order valence-corrected chi connectivity index (χ3v) is 4.34. The first-order valence-electron chi connectivity index (χ1n) is 8.22. The van der Waals surface area contributed by atoms with E-state index in [1.165, 1.54) is 35.1 Å². The fourth-order valence-corrected chi connectivity index (χ4v) is 2.97. The molecule has 0 saturated carbocycles. The summed E-state index contributed by atoms with van der Waals surface area (Å²) in [5.74, 6) is -0.817. The second kappa shape index (κ2) is 7.17. The van der Waals surface area contributed by atoms with Crippen molar-refractivity contribution in [3.8, 4) is 5.69 Å².